The fourth-order valence-electron chi connectivity index (χ4n) is 4.81. The number of fused-ring (bicyclic) bond motifs is 3. The number of thiazole rings is 1. The van der Waals surface area contributed by atoms with Crippen LogP contribution in [0.25, 0.3) is 23.5 Å². The number of rotatable bonds is 4. The average molecular weight is 475 g/mol. The summed E-state index contributed by atoms with van der Waals surface area (Å²) in [5, 5.41) is 5.60. The summed E-state index contributed by atoms with van der Waals surface area (Å²) in [5.41, 5.74) is 5.60. The summed E-state index contributed by atoms with van der Waals surface area (Å²) < 4.78 is 5.40. The molecular weight excluding hydrogens is 452 g/mol. The molecule has 5 nitrogen and oxygen atoms in total. The van der Waals surface area contributed by atoms with Crippen LogP contribution in [0.15, 0.2) is 54.0 Å². The number of H-pyrrole nitrogens is 1. The normalized spacial score (nSPS) is 19.3. The predicted molar refractivity (Wildman–Crippen MR) is 134 cm³/mol. The first-order valence-corrected chi connectivity index (χ1v) is 12.4. The van der Waals surface area contributed by atoms with Crippen LogP contribution in [0.1, 0.15) is 29.3 Å². The van der Waals surface area contributed by atoms with Gasteiger partial charge in [-0.2, -0.15) is 0 Å². The van der Waals surface area contributed by atoms with Crippen molar-refractivity contribution in [3.05, 3.63) is 81.4 Å². The molecule has 1 aromatic carbocycles. The zero-order valence-electron chi connectivity index (χ0n) is 18.2. The molecule has 33 heavy (non-hydrogen) atoms. The highest BCUT2D eigenvalue weighted by atomic mass is 35.5. The SMILES string of the molecule is COc1ccc(C2c3[nH]c4c(c3CCN2c2nc(-c3ccccn3)cs2)=CC(Cl)CC=4)cc1. The lowest BCUT2D eigenvalue weighted by Gasteiger charge is -2.36. The Bertz CT molecular complexity index is 1410. The molecule has 2 unspecified atom stereocenters. The van der Waals surface area contributed by atoms with E-state index in [9.17, 15) is 0 Å². The molecule has 0 radical (unpaired) electrons. The van der Waals surface area contributed by atoms with Gasteiger partial charge in [0.1, 0.15) is 11.4 Å². The van der Waals surface area contributed by atoms with Gasteiger partial charge in [0.15, 0.2) is 5.13 Å². The molecule has 1 N–H and O–H groups in total. The Morgan fingerprint density at radius 1 is 1.15 bits per heavy atom. The van der Waals surface area contributed by atoms with Crippen LogP contribution in [0.5, 0.6) is 5.75 Å². The Labute approximate surface area is 201 Å². The number of anilines is 1. The van der Waals surface area contributed by atoms with Gasteiger partial charge in [0, 0.05) is 34.4 Å². The number of ether oxygens (including phenoxy) is 1. The topological polar surface area (TPSA) is 54.0 Å². The number of nitrogens with one attached hydrogen (secondary N) is 1. The summed E-state index contributed by atoms with van der Waals surface area (Å²) in [6, 6.07) is 14.3. The Balaban J connectivity index is 1.48. The Hall–Kier alpha value is -3.09. The molecule has 4 heterocycles. The molecule has 1 aliphatic heterocycles. The highest BCUT2D eigenvalue weighted by Crippen LogP contribution is 2.39. The van der Waals surface area contributed by atoms with Crippen molar-refractivity contribution in [2.45, 2.75) is 24.3 Å². The second-order valence-electron chi connectivity index (χ2n) is 8.32. The summed E-state index contributed by atoms with van der Waals surface area (Å²) in [7, 11) is 1.70. The summed E-state index contributed by atoms with van der Waals surface area (Å²) >= 11 is 8.14. The maximum atomic E-state index is 6.48. The van der Waals surface area contributed by atoms with Crippen molar-refractivity contribution < 1.29 is 4.74 Å². The zero-order chi connectivity index (χ0) is 22.4. The molecular formula is C26H23ClN4OS. The van der Waals surface area contributed by atoms with Crippen LogP contribution in [-0.4, -0.2) is 34.0 Å². The number of alkyl halides is 1. The summed E-state index contributed by atoms with van der Waals surface area (Å²) in [6.45, 7) is 0.879. The van der Waals surface area contributed by atoms with Crippen LogP contribution in [0.2, 0.25) is 0 Å². The highest BCUT2D eigenvalue weighted by molar-refractivity contribution is 7.14. The minimum atomic E-state index is 0.0311. The van der Waals surface area contributed by atoms with Crippen molar-refractivity contribution in [2.24, 2.45) is 0 Å². The molecule has 0 saturated carbocycles. The van der Waals surface area contributed by atoms with Gasteiger partial charge >= 0.3 is 0 Å². The van der Waals surface area contributed by atoms with Gasteiger partial charge in [-0.25, -0.2) is 4.98 Å². The maximum absolute atomic E-state index is 6.48. The number of hydrogen-bond acceptors (Lipinski definition) is 5. The van der Waals surface area contributed by atoms with Gasteiger partial charge < -0.3 is 14.6 Å². The molecule has 2 aliphatic rings. The zero-order valence-corrected chi connectivity index (χ0v) is 19.7. The number of aromatic amines is 1. The lowest BCUT2D eigenvalue weighted by atomic mass is 9.93. The second kappa shape index (κ2) is 8.36. The molecule has 0 bridgehead atoms. The first-order valence-electron chi connectivity index (χ1n) is 11.1. The summed E-state index contributed by atoms with van der Waals surface area (Å²) in [6.07, 6.45) is 8.03. The molecule has 4 aromatic rings. The predicted octanol–water partition coefficient (Wildman–Crippen LogP) is 4.27. The fraction of sp³-hybridized carbons (Fsp3) is 0.231. The number of hydrogen-bond donors (Lipinski definition) is 1. The van der Waals surface area contributed by atoms with E-state index in [-0.39, 0.29) is 11.4 Å². The molecule has 6 rings (SSSR count). The number of pyridine rings is 1. The fourth-order valence-corrected chi connectivity index (χ4v) is 5.90. The van der Waals surface area contributed by atoms with Crippen LogP contribution in [0, 0.1) is 0 Å². The van der Waals surface area contributed by atoms with Gasteiger partial charge in [0.05, 0.1) is 24.2 Å². The van der Waals surface area contributed by atoms with E-state index in [0.29, 0.717) is 0 Å². The number of methoxy groups -OCH3 is 1. The van der Waals surface area contributed by atoms with E-state index >= 15 is 0 Å². The van der Waals surface area contributed by atoms with Gasteiger partial charge in [0.2, 0.25) is 0 Å². The Morgan fingerprint density at radius 2 is 2.03 bits per heavy atom. The molecule has 0 saturated heterocycles. The van der Waals surface area contributed by atoms with Crippen LogP contribution in [-0.2, 0) is 6.42 Å². The molecule has 0 fully saturated rings. The second-order valence-corrected chi connectivity index (χ2v) is 9.71. The van der Waals surface area contributed by atoms with E-state index in [0.717, 1.165) is 41.7 Å². The van der Waals surface area contributed by atoms with E-state index < -0.39 is 0 Å². The molecule has 7 heteroatoms. The smallest absolute Gasteiger partial charge is 0.186 e. The van der Waals surface area contributed by atoms with Crippen molar-refractivity contribution in [1.29, 1.82) is 0 Å². The van der Waals surface area contributed by atoms with Crippen molar-refractivity contribution in [1.82, 2.24) is 15.0 Å². The molecule has 0 amide bonds. The minimum absolute atomic E-state index is 0.0311. The third-order valence-corrected chi connectivity index (χ3v) is 7.57. The van der Waals surface area contributed by atoms with Gasteiger partial charge in [-0.15, -0.1) is 22.9 Å². The highest BCUT2D eigenvalue weighted by Gasteiger charge is 2.33. The third-order valence-electron chi connectivity index (χ3n) is 6.39. The molecule has 2 atom stereocenters. The average Bonchev–Trinajstić information content (AvgIpc) is 3.49. The number of benzene rings is 1. The monoisotopic (exact) mass is 474 g/mol. The lowest BCUT2D eigenvalue weighted by Crippen LogP contribution is -2.38. The first kappa shape index (κ1) is 20.5. The van der Waals surface area contributed by atoms with E-state index in [1.165, 1.54) is 27.4 Å². The van der Waals surface area contributed by atoms with Crippen LogP contribution in [0.3, 0.4) is 0 Å². The first-order chi connectivity index (χ1) is 16.2. The summed E-state index contributed by atoms with van der Waals surface area (Å²) in [5.74, 6) is 0.852. The van der Waals surface area contributed by atoms with Crippen LogP contribution >= 0.6 is 22.9 Å². The lowest BCUT2D eigenvalue weighted by molar-refractivity contribution is 0.414. The van der Waals surface area contributed by atoms with Gasteiger partial charge in [-0.1, -0.05) is 30.4 Å². The maximum Gasteiger partial charge on any atom is 0.186 e. The number of nitrogens with zero attached hydrogens (tertiary/aromatic N) is 3. The largest absolute Gasteiger partial charge is 0.497 e. The third kappa shape index (κ3) is 3.63. The molecule has 3 aromatic heterocycles. The van der Waals surface area contributed by atoms with Crippen molar-refractivity contribution in [3.63, 3.8) is 0 Å². The van der Waals surface area contributed by atoms with E-state index in [4.69, 9.17) is 21.3 Å². The number of aromatic nitrogens is 3. The quantitative estimate of drug-likeness (QED) is 0.449. The van der Waals surface area contributed by atoms with E-state index in [1.54, 1.807) is 18.4 Å². The van der Waals surface area contributed by atoms with E-state index in [1.807, 2.05) is 36.5 Å². The molecule has 1 aliphatic carbocycles. The number of halogens is 1. The standard InChI is InChI=1S/C26H23ClN4OS/c1-32-18-8-5-16(6-9-18)25-24-19(20-14-17(27)7-10-21(20)29-24)11-13-31(25)26-30-23(15-33-26)22-4-2-3-12-28-22/h2-6,8-10,12,14-15,17,25,29H,7,11,13H2,1H3. The van der Waals surface area contributed by atoms with Gasteiger partial charge in [-0.05, 0) is 48.2 Å². The Morgan fingerprint density at radius 3 is 2.82 bits per heavy atom. The van der Waals surface area contributed by atoms with E-state index in [2.05, 4.69) is 44.5 Å². The van der Waals surface area contributed by atoms with Crippen molar-refractivity contribution in [3.8, 4) is 17.1 Å². The minimum Gasteiger partial charge on any atom is -0.497 e. The van der Waals surface area contributed by atoms with Crippen LogP contribution < -0.4 is 20.2 Å². The van der Waals surface area contributed by atoms with Crippen LogP contribution in [0.4, 0.5) is 5.13 Å². The molecule has 166 valence electrons. The van der Waals surface area contributed by atoms with Crippen molar-refractivity contribution >= 4 is 40.2 Å². The Kier molecular flexibility index (Phi) is 5.19. The van der Waals surface area contributed by atoms with Gasteiger partial charge in [0.25, 0.3) is 0 Å². The summed E-state index contributed by atoms with van der Waals surface area (Å²) in [4.78, 5) is 15.6. The van der Waals surface area contributed by atoms with Gasteiger partial charge in [-0.3, -0.25) is 4.98 Å². The molecule has 0 spiro atoms. The van der Waals surface area contributed by atoms with Crippen molar-refractivity contribution in [2.75, 3.05) is 18.6 Å².